The third kappa shape index (κ3) is 24.9. The van der Waals surface area contributed by atoms with Gasteiger partial charge in [-0.05, 0) is 250 Å². The second-order valence-electron chi connectivity index (χ2n) is 33.3. The smallest absolute Gasteiger partial charge is 0.00761 e. The van der Waals surface area contributed by atoms with Crippen LogP contribution >= 0.6 is 0 Å². The van der Waals surface area contributed by atoms with Gasteiger partial charge in [0.2, 0.25) is 0 Å². The van der Waals surface area contributed by atoms with Gasteiger partial charge in [-0.25, -0.2) is 0 Å². The first-order chi connectivity index (χ1) is 65.4. The fraction of sp³-hybridized carbons (Fsp3) is 0.0526. The van der Waals surface area contributed by atoms with E-state index in [0.717, 1.165) is 0 Å². The molecule has 21 aromatic rings. The zero-order chi connectivity index (χ0) is 91.6. The van der Waals surface area contributed by atoms with E-state index in [1.54, 1.807) is 0 Å². The molecule has 0 unspecified atom stereocenters. The highest BCUT2D eigenvalue weighted by molar-refractivity contribution is 5.89. The molecule has 0 aliphatic heterocycles. The number of aryl methyl sites for hydroxylation is 6. The van der Waals surface area contributed by atoms with Gasteiger partial charge in [-0.3, -0.25) is 0 Å². The van der Waals surface area contributed by atoms with E-state index in [0.29, 0.717) is 0 Å². The van der Waals surface area contributed by atoms with Crippen LogP contribution in [0.4, 0.5) is 0 Å². The molecular weight excluding hydrogens is 1600 g/mol. The van der Waals surface area contributed by atoms with Crippen molar-refractivity contribution in [3.8, 4) is 156 Å². The maximum absolute atomic E-state index is 2.28. The van der Waals surface area contributed by atoms with Gasteiger partial charge in [0.1, 0.15) is 0 Å². The van der Waals surface area contributed by atoms with Crippen molar-refractivity contribution in [3.63, 3.8) is 0 Å². The van der Waals surface area contributed by atoms with Gasteiger partial charge in [0.05, 0.1) is 0 Å². The van der Waals surface area contributed by atoms with Crippen LogP contribution in [0.5, 0.6) is 0 Å². The first kappa shape index (κ1) is 91.4. The van der Waals surface area contributed by atoms with E-state index in [1.807, 2.05) is 0 Å². The van der Waals surface area contributed by atoms with Crippen molar-refractivity contribution >= 4 is 0 Å². The minimum atomic E-state index is 1.26. The van der Waals surface area contributed by atoms with E-state index < -0.39 is 0 Å². The van der Waals surface area contributed by atoms with Crippen LogP contribution in [0.3, 0.4) is 0 Å². The summed E-state index contributed by atoms with van der Waals surface area (Å²) in [4.78, 5) is 0. The molecule has 21 rings (SSSR count). The van der Waals surface area contributed by atoms with Gasteiger partial charge >= 0.3 is 0 Å². The minimum absolute atomic E-state index is 1.26. The Bertz CT molecular complexity index is 6920. The van der Waals surface area contributed by atoms with E-state index in [4.69, 9.17) is 0 Å². The number of hydrogen-bond acceptors (Lipinski definition) is 0. The Hall–Kier alpha value is -16.4. The lowest BCUT2D eigenvalue weighted by Crippen LogP contribution is -1.88. The predicted molar refractivity (Wildman–Crippen MR) is 574 cm³/mol. The molecule has 0 saturated heterocycles. The van der Waals surface area contributed by atoms with E-state index in [2.05, 4.69) is 601 Å². The molecule has 0 heteroatoms. The third-order valence-corrected chi connectivity index (χ3v) is 23.9. The summed E-state index contributed by atoms with van der Waals surface area (Å²) in [5.74, 6) is 0. The van der Waals surface area contributed by atoms with Crippen LogP contribution in [0, 0.1) is 48.5 Å². The lowest BCUT2D eigenvalue weighted by atomic mass is 9.91. The van der Waals surface area contributed by atoms with Gasteiger partial charge in [-0.2, -0.15) is 0 Å². The normalized spacial score (nSPS) is 10.4. The summed E-state index contributed by atoms with van der Waals surface area (Å²) in [5.41, 5.74) is 45.1. The average Bonchev–Trinajstić information content (AvgIpc) is 0.758. The lowest BCUT2D eigenvalue weighted by Gasteiger charge is -2.13. The van der Waals surface area contributed by atoms with Crippen LogP contribution in [0.25, 0.3) is 156 Å². The van der Waals surface area contributed by atoms with Crippen molar-refractivity contribution < 1.29 is 0 Å². The quantitative estimate of drug-likeness (QED) is 0.102. The molecule has 0 aliphatic rings. The summed E-state index contributed by atoms with van der Waals surface area (Å²) < 4.78 is 0. The largest absolute Gasteiger partial charge is 0.0622 e. The molecule has 21 aromatic carbocycles. The highest BCUT2D eigenvalue weighted by Gasteiger charge is 2.15. The maximum Gasteiger partial charge on any atom is -0.00761 e. The van der Waals surface area contributed by atoms with Crippen LogP contribution in [0.15, 0.2) is 552 Å². The molecule has 0 nitrogen and oxygen atoms in total. The molecule has 133 heavy (non-hydrogen) atoms. The second kappa shape index (κ2) is 47.1. The molecule has 644 valence electrons. The van der Waals surface area contributed by atoms with Crippen molar-refractivity contribution in [3.05, 3.63) is 591 Å². The maximum atomic E-state index is 2.28. The summed E-state index contributed by atoms with van der Waals surface area (Å²) in [6, 6.07) is 194. The number of rotatable bonds is 14. The third-order valence-electron chi connectivity index (χ3n) is 23.9. The summed E-state index contributed by atoms with van der Waals surface area (Å²) in [6.07, 6.45) is 0. The molecule has 0 radical (unpaired) electrons. The molecular formula is C133H112. The van der Waals surface area contributed by atoms with Crippen LogP contribution in [0.1, 0.15) is 38.9 Å². The molecule has 0 atom stereocenters. The van der Waals surface area contributed by atoms with E-state index >= 15 is 0 Å². The van der Waals surface area contributed by atoms with E-state index in [1.165, 1.54) is 195 Å². The predicted octanol–water partition coefficient (Wildman–Crippen LogP) is 37.3. The molecule has 0 fully saturated rings. The fourth-order valence-corrected chi connectivity index (χ4v) is 17.0. The molecule has 0 aliphatic carbocycles. The Morgan fingerprint density at radius 2 is 0.361 bits per heavy atom. The molecule has 0 aromatic heterocycles. The standard InChI is InChI=1S/7C19H16/c1-15-9-8-14-18(16-10-4-2-5-11-16)19(15)17-12-6-3-7-13-17;1-15-18(16-9-4-2-5-10-16)13-8-14-19(15)17-11-6-3-7-12-17;1-15-12-18(16-8-4-2-5-9-16)14-19(13-15)17-10-6-3-7-11-17;1-15-14-18(16-8-4-2-5-9-16)12-13-19(15)17-10-6-3-7-11-17;1-15-12-13-18(16-8-4-2-5-9-16)14-19(15)17-10-6-3-7-11-17;1-15-12-13-18(16-8-4-2-5-9-16)19(14-15)17-10-6-3-7-11-17;1-15-9-5-6-12-17(15)19-14-8-7-13-18(19)16-10-3-2-4-11-16/h7*2-14H,1H3. The van der Waals surface area contributed by atoms with Gasteiger partial charge < -0.3 is 0 Å². The van der Waals surface area contributed by atoms with E-state index in [9.17, 15) is 0 Å². The molecule has 0 bridgehead atoms. The van der Waals surface area contributed by atoms with Crippen LogP contribution in [0.2, 0.25) is 0 Å². The Morgan fingerprint density at radius 3 is 0.767 bits per heavy atom. The minimum Gasteiger partial charge on any atom is -0.0622 e. The summed E-state index contributed by atoms with van der Waals surface area (Å²) in [6.45, 7) is 15.2. The monoisotopic (exact) mass is 1710 g/mol. The molecule has 0 saturated carbocycles. The van der Waals surface area contributed by atoms with Gasteiger partial charge in [0.25, 0.3) is 0 Å². The zero-order valence-corrected chi connectivity index (χ0v) is 77.0. The Morgan fingerprint density at radius 1 is 0.0977 bits per heavy atom. The van der Waals surface area contributed by atoms with Gasteiger partial charge in [0, 0.05) is 0 Å². The summed E-state index contributed by atoms with van der Waals surface area (Å²) >= 11 is 0. The van der Waals surface area contributed by atoms with Gasteiger partial charge in [-0.1, -0.05) is 545 Å². The fourth-order valence-electron chi connectivity index (χ4n) is 17.0. The van der Waals surface area contributed by atoms with Crippen molar-refractivity contribution in [2.75, 3.05) is 0 Å². The van der Waals surface area contributed by atoms with Gasteiger partial charge in [0.15, 0.2) is 0 Å². The van der Waals surface area contributed by atoms with Crippen LogP contribution in [-0.2, 0) is 0 Å². The molecule has 0 heterocycles. The molecule has 0 N–H and O–H groups in total. The van der Waals surface area contributed by atoms with Crippen LogP contribution < -0.4 is 0 Å². The number of hydrogen-bond donors (Lipinski definition) is 0. The van der Waals surface area contributed by atoms with Crippen molar-refractivity contribution in [1.29, 1.82) is 0 Å². The SMILES string of the molecule is Cc1c(-c2ccccc2)cccc1-c1ccccc1.Cc1cc(-c2ccccc2)cc(-c2ccccc2)c1.Cc1cc(-c2ccccc2)ccc1-c1ccccc1.Cc1ccc(-c2ccccc2)c(-c2ccccc2)c1.Cc1ccc(-c2ccccc2)cc1-c1ccccc1.Cc1cccc(-c2ccccc2)c1-c1ccccc1.Cc1ccccc1-c1ccccc1-c1ccccc1. The average molecular weight is 1710 g/mol. The topological polar surface area (TPSA) is 0 Å². The zero-order valence-electron chi connectivity index (χ0n) is 77.0. The van der Waals surface area contributed by atoms with Crippen LogP contribution in [-0.4, -0.2) is 0 Å². The molecule has 0 amide bonds. The lowest BCUT2D eigenvalue weighted by molar-refractivity contribution is 1.45. The Balaban J connectivity index is 0.000000118. The van der Waals surface area contributed by atoms with Crippen molar-refractivity contribution in [1.82, 2.24) is 0 Å². The Kier molecular flexibility index (Phi) is 32.3. The summed E-state index contributed by atoms with van der Waals surface area (Å²) in [7, 11) is 0. The highest BCUT2D eigenvalue weighted by atomic mass is 14.2. The summed E-state index contributed by atoms with van der Waals surface area (Å²) in [5, 5.41) is 0. The van der Waals surface area contributed by atoms with E-state index in [-0.39, 0.29) is 0 Å². The highest BCUT2D eigenvalue weighted by Crippen LogP contribution is 2.40. The van der Waals surface area contributed by atoms with Crippen molar-refractivity contribution in [2.24, 2.45) is 0 Å². The first-order valence-corrected chi connectivity index (χ1v) is 45.9. The Labute approximate surface area is 789 Å². The second-order valence-corrected chi connectivity index (χ2v) is 33.3. The first-order valence-electron chi connectivity index (χ1n) is 45.9. The van der Waals surface area contributed by atoms with Crippen molar-refractivity contribution in [2.45, 2.75) is 48.5 Å². The molecule has 0 spiro atoms. The van der Waals surface area contributed by atoms with Gasteiger partial charge in [-0.15, -0.1) is 0 Å². The number of benzene rings is 21.